The van der Waals surface area contributed by atoms with Gasteiger partial charge in [0.05, 0.1) is 16.1 Å². The van der Waals surface area contributed by atoms with Crippen LogP contribution in [0.2, 0.25) is 30.7 Å². The molecule has 3 nitrogen and oxygen atoms in total. The summed E-state index contributed by atoms with van der Waals surface area (Å²) >= 11 is 10.7. The quantitative estimate of drug-likeness (QED) is 0.299. The van der Waals surface area contributed by atoms with Gasteiger partial charge in [0.2, 0.25) is 0 Å². The number of aromatic nitrogens is 2. The van der Waals surface area contributed by atoms with Gasteiger partial charge in [-0.25, -0.2) is 4.98 Å². The van der Waals surface area contributed by atoms with E-state index in [0.717, 1.165) is 30.1 Å². The number of benzene rings is 1. The van der Waals surface area contributed by atoms with Crippen molar-refractivity contribution in [2.75, 3.05) is 6.61 Å². The topological polar surface area (TPSA) is 27.1 Å². The number of nitrogens with zero attached hydrogens (tertiary/aromatic N) is 2. The second-order valence-corrected chi connectivity index (χ2v) is 14.1. The standard InChI is InChI=1S/C13H17ClI2N2OSi/c1-20(2,3)5-4-19-8-18-12-6-9(14)10(15)7-11(12)17-13(18)16/h6-7H,4-5,8H2,1-3H3. The van der Waals surface area contributed by atoms with Crippen LogP contribution in [-0.2, 0) is 11.5 Å². The average Bonchev–Trinajstić information content (AvgIpc) is 2.60. The number of imidazole rings is 1. The summed E-state index contributed by atoms with van der Waals surface area (Å²) in [4.78, 5) is 4.56. The van der Waals surface area contributed by atoms with Crippen molar-refractivity contribution in [1.29, 1.82) is 0 Å². The van der Waals surface area contributed by atoms with Crippen LogP contribution < -0.4 is 0 Å². The molecule has 0 aliphatic rings. The van der Waals surface area contributed by atoms with E-state index in [4.69, 9.17) is 16.3 Å². The van der Waals surface area contributed by atoms with E-state index in [0.29, 0.717) is 6.73 Å². The Balaban J connectivity index is 2.14. The average molecular weight is 535 g/mol. The van der Waals surface area contributed by atoms with E-state index in [1.165, 1.54) is 6.04 Å². The van der Waals surface area contributed by atoms with Gasteiger partial charge in [0.15, 0.2) is 3.83 Å². The van der Waals surface area contributed by atoms with Crippen molar-refractivity contribution >= 4 is 75.9 Å². The summed E-state index contributed by atoms with van der Waals surface area (Å²) in [6, 6.07) is 5.16. The molecular weight excluding hydrogens is 518 g/mol. The van der Waals surface area contributed by atoms with Crippen LogP contribution in [0.1, 0.15) is 0 Å². The lowest BCUT2D eigenvalue weighted by molar-refractivity contribution is 0.0881. The van der Waals surface area contributed by atoms with Gasteiger partial charge in [-0.05, 0) is 40.8 Å². The van der Waals surface area contributed by atoms with Crippen molar-refractivity contribution in [1.82, 2.24) is 9.55 Å². The molecule has 0 saturated carbocycles. The molecule has 0 radical (unpaired) electrons. The summed E-state index contributed by atoms with van der Waals surface area (Å²) in [7, 11) is -1.04. The van der Waals surface area contributed by atoms with Crippen molar-refractivity contribution in [2.24, 2.45) is 0 Å². The summed E-state index contributed by atoms with van der Waals surface area (Å²) < 4.78 is 9.85. The summed E-state index contributed by atoms with van der Waals surface area (Å²) in [5, 5.41) is 0.762. The minimum Gasteiger partial charge on any atom is -0.361 e. The molecule has 0 aliphatic carbocycles. The number of halogens is 3. The molecule has 7 heteroatoms. The number of ether oxygens (including phenoxy) is 1. The summed E-state index contributed by atoms with van der Waals surface area (Å²) in [6.07, 6.45) is 0. The van der Waals surface area contributed by atoms with Gasteiger partial charge in [0.25, 0.3) is 0 Å². The third kappa shape index (κ3) is 4.31. The number of fused-ring (bicyclic) bond motifs is 1. The molecule has 0 amide bonds. The van der Waals surface area contributed by atoms with Gasteiger partial charge >= 0.3 is 0 Å². The lowest BCUT2D eigenvalue weighted by Gasteiger charge is -2.16. The third-order valence-electron chi connectivity index (χ3n) is 2.96. The number of hydrogen-bond donors (Lipinski definition) is 0. The van der Waals surface area contributed by atoms with Gasteiger partial charge < -0.3 is 4.74 Å². The Bertz CT molecular complexity index is 625. The van der Waals surface area contributed by atoms with Crippen LogP contribution >= 0.6 is 56.8 Å². The van der Waals surface area contributed by atoms with E-state index in [1.807, 2.05) is 12.1 Å². The first kappa shape index (κ1) is 17.0. The smallest absolute Gasteiger partial charge is 0.174 e. The molecule has 20 heavy (non-hydrogen) atoms. The molecular formula is C13H17ClI2N2OSi. The Morgan fingerprint density at radius 1 is 1.30 bits per heavy atom. The van der Waals surface area contributed by atoms with E-state index in [1.54, 1.807) is 0 Å². The van der Waals surface area contributed by atoms with Crippen molar-refractivity contribution in [3.8, 4) is 0 Å². The predicted molar refractivity (Wildman–Crippen MR) is 104 cm³/mol. The van der Waals surface area contributed by atoms with Gasteiger partial charge in [-0.2, -0.15) is 0 Å². The Labute approximate surface area is 152 Å². The fourth-order valence-corrected chi connectivity index (χ4v) is 3.77. The van der Waals surface area contributed by atoms with Crippen molar-refractivity contribution in [3.05, 3.63) is 24.6 Å². The molecule has 1 heterocycles. The Hall–Kier alpha value is 0.617. The van der Waals surface area contributed by atoms with E-state index in [9.17, 15) is 0 Å². The van der Waals surface area contributed by atoms with Crippen LogP contribution in [-0.4, -0.2) is 24.2 Å². The summed E-state index contributed by atoms with van der Waals surface area (Å²) in [5.41, 5.74) is 2.00. The minimum absolute atomic E-state index is 0.538. The maximum atomic E-state index is 6.20. The molecule has 0 aliphatic heterocycles. The van der Waals surface area contributed by atoms with Crippen LogP contribution in [0, 0.1) is 7.40 Å². The zero-order chi connectivity index (χ0) is 14.9. The first-order chi connectivity index (χ1) is 9.28. The van der Waals surface area contributed by atoms with Crippen molar-refractivity contribution < 1.29 is 4.74 Å². The van der Waals surface area contributed by atoms with Gasteiger partial charge in [0, 0.05) is 40.8 Å². The maximum Gasteiger partial charge on any atom is 0.174 e. The van der Waals surface area contributed by atoms with Crippen LogP contribution in [0.3, 0.4) is 0 Å². The maximum absolute atomic E-state index is 6.20. The molecule has 0 bridgehead atoms. The molecule has 2 rings (SSSR count). The molecule has 0 fully saturated rings. The van der Waals surface area contributed by atoms with E-state index < -0.39 is 8.07 Å². The zero-order valence-corrected chi connectivity index (χ0v) is 17.8. The fourth-order valence-electron chi connectivity index (χ4n) is 1.75. The minimum atomic E-state index is -1.04. The van der Waals surface area contributed by atoms with Gasteiger partial charge in [-0.3, -0.25) is 4.57 Å². The van der Waals surface area contributed by atoms with Crippen LogP contribution in [0.4, 0.5) is 0 Å². The second kappa shape index (κ2) is 6.80. The van der Waals surface area contributed by atoms with Gasteiger partial charge in [0.1, 0.15) is 6.73 Å². The third-order valence-corrected chi connectivity index (χ3v) is 7.01. The van der Waals surface area contributed by atoms with Crippen molar-refractivity contribution in [3.63, 3.8) is 0 Å². The molecule has 0 unspecified atom stereocenters. The van der Waals surface area contributed by atoms with Gasteiger partial charge in [-0.15, -0.1) is 0 Å². The lowest BCUT2D eigenvalue weighted by Crippen LogP contribution is -2.22. The van der Waals surface area contributed by atoms with Crippen LogP contribution in [0.25, 0.3) is 11.0 Å². The predicted octanol–water partition coefficient (Wildman–Crippen LogP) is 5.21. The zero-order valence-electron chi connectivity index (χ0n) is 11.7. The first-order valence-electron chi connectivity index (χ1n) is 6.36. The molecule has 2 aromatic rings. The van der Waals surface area contributed by atoms with E-state index in [-0.39, 0.29) is 0 Å². The highest BCUT2D eigenvalue weighted by Crippen LogP contribution is 2.26. The van der Waals surface area contributed by atoms with Crippen molar-refractivity contribution in [2.45, 2.75) is 32.4 Å². The summed E-state index contributed by atoms with van der Waals surface area (Å²) in [5.74, 6) is 0. The van der Waals surface area contributed by atoms with E-state index in [2.05, 4.69) is 74.4 Å². The fraction of sp³-hybridized carbons (Fsp3) is 0.462. The highest BCUT2D eigenvalue weighted by molar-refractivity contribution is 14.1. The van der Waals surface area contributed by atoms with Crippen LogP contribution in [0.15, 0.2) is 12.1 Å². The molecule has 0 atom stereocenters. The Morgan fingerprint density at radius 2 is 2.00 bits per heavy atom. The molecule has 0 saturated heterocycles. The number of hydrogen-bond acceptors (Lipinski definition) is 2. The van der Waals surface area contributed by atoms with E-state index >= 15 is 0 Å². The first-order valence-corrected chi connectivity index (χ1v) is 12.6. The molecule has 110 valence electrons. The second-order valence-electron chi connectivity index (χ2n) is 5.91. The highest BCUT2D eigenvalue weighted by Gasteiger charge is 2.14. The normalized spacial score (nSPS) is 12.3. The molecule has 1 aromatic carbocycles. The Kier molecular flexibility index (Phi) is 5.77. The number of rotatable bonds is 5. The monoisotopic (exact) mass is 534 g/mol. The molecule has 0 N–H and O–H groups in total. The lowest BCUT2D eigenvalue weighted by atomic mass is 10.3. The molecule has 0 spiro atoms. The highest BCUT2D eigenvalue weighted by atomic mass is 127. The SMILES string of the molecule is C[Si](C)(C)CCOCn1c(I)nc2cc(I)c(Cl)cc21. The van der Waals surface area contributed by atoms with Gasteiger partial charge in [-0.1, -0.05) is 31.2 Å². The Morgan fingerprint density at radius 3 is 2.65 bits per heavy atom. The largest absolute Gasteiger partial charge is 0.361 e. The van der Waals surface area contributed by atoms with Crippen LogP contribution in [0.5, 0.6) is 0 Å². The molecule has 1 aromatic heterocycles. The summed E-state index contributed by atoms with van der Waals surface area (Å²) in [6.45, 7) is 8.41.